The van der Waals surface area contributed by atoms with E-state index < -0.39 is 18.0 Å². The summed E-state index contributed by atoms with van der Waals surface area (Å²) in [6.45, 7) is 4.37. The number of carbonyl (C=O) groups is 3. The molecule has 1 aliphatic rings. The number of hydrogen-bond acceptors (Lipinski definition) is 3. The van der Waals surface area contributed by atoms with Gasteiger partial charge in [0, 0.05) is 26.1 Å². The monoisotopic (exact) mass is 283 g/mol. The summed E-state index contributed by atoms with van der Waals surface area (Å²) in [4.78, 5) is 35.9. The van der Waals surface area contributed by atoms with Gasteiger partial charge >= 0.3 is 12.0 Å². The number of piperidine rings is 1. The van der Waals surface area contributed by atoms with Crippen LogP contribution in [0.15, 0.2) is 12.7 Å². The summed E-state index contributed by atoms with van der Waals surface area (Å²) in [7, 11) is 1.59. The molecule has 0 spiro atoms. The van der Waals surface area contributed by atoms with Crippen LogP contribution in [0.3, 0.4) is 0 Å². The van der Waals surface area contributed by atoms with E-state index in [4.69, 9.17) is 5.11 Å². The maximum Gasteiger partial charge on any atom is 0.326 e. The number of urea groups is 1. The number of carboxylic acids is 1. The molecule has 20 heavy (non-hydrogen) atoms. The Hall–Kier alpha value is -2.05. The molecule has 3 amide bonds. The average molecular weight is 283 g/mol. The largest absolute Gasteiger partial charge is 0.480 e. The second-order valence-corrected chi connectivity index (χ2v) is 4.74. The van der Waals surface area contributed by atoms with Gasteiger partial charge in [0.2, 0.25) is 5.91 Å². The quantitative estimate of drug-likeness (QED) is 0.627. The van der Waals surface area contributed by atoms with Gasteiger partial charge < -0.3 is 20.6 Å². The van der Waals surface area contributed by atoms with E-state index in [1.54, 1.807) is 11.9 Å². The Morgan fingerprint density at radius 3 is 2.45 bits per heavy atom. The third-order valence-corrected chi connectivity index (χ3v) is 3.40. The molecule has 1 unspecified atom stereocenters. The van der Waals surface area contributed by atoms with Crippen LogP contribution in [0.25, 0.3) is 0 Å². The molecular weight excluding hydrogens is 262 g/mol. The van der Waals surface area contributed by atoms with Gasteiger partial charge in [-0.25, -0.2) is 9.59 Å². The molecule has 0 aromatic heterocycles. The second-order valence-electron chi connectivity index (χ2n) is 4.74. The molecule has 0 radical (unpaired) electrons. The summed E-state index contributed by atoms with van der Waals surface area (Å²) in [5.74, 6) is -1.17. The zero-order valence-corrected chi connectivity index (χ0v) is 11.6. The van der Waals surface area contributed by atoms with Crippen LogP contribution in [0.5, 0.6) is 0 Å². The van der Waals surface area contributed by atoms with Gasteiger partial charge in [0.1, 0.15) is 6.04 Å². The molecule has 112 valence electrons. The highest BCUT2D eigenvalue weighted by atomic mass is 16.4. The van der Waals surface area contributed by atoms with Crippen LogP contribution in [0.2, 0.25) is 0 Å². The lowest BCUT2D eigenvalue weighted by Gasteiger charge is -2.31. The smallest absolute Gasteiger partial charge is 0.326 e. The van der Waals surface area contributed by atoms with Crippen molar-refractivity contribution >= 4 is 17.9 Å². The first-order valence-electron chi connectivity index (χ1n) is 6.60. The van der Waals surface area contributed by atoms with Crippen LogP contribution >= 0.6 is 0 Å². The van der Waals surface area contributed by atoms with E-state index in [0.717, 1.165) is 0 Å². The summed E-state index contributed by atoms with van der Waals surface area (Å²) in [5, 5.41) is 14.0. The second kappa shape index (κ2) is 7.52. The van der Waals surface area contributed by atoms with Crippen molar-refractivity contribution in [3.63, 3.8) is 0 Å². The number of carboxylic acid groups (broad SMARTS) is 1. The van der Waals surface area contributed by atoms with Crippen LogP contribution in [-0.4, -0.2) is 54.1 Å². The third kappa shape index (κ3) is 4.25. The van der Waals surface area contributed by atoms with Crippen LogP contribution in [0.1, 0.15) is 19.3 Å². The Morgan fingerprint density at radius 1 is 1.40 bits per heavy atom. The summed E-state index contributed by atoms with van der Waals surface area (Å²) < 4.78 is 0. The number of nitrogens with one attached hydrogen (secondary N) is 2. The summed E-state index contributed by atoms with van der Waals surface area (Å²) in [5.41, 5.74) is 0. The van der Waals surface area contributed by atoms with E-state index >= 15 is 0 Å². The van der Waals surface area contributed by atoms with Gasteiger partial charge in [-0.15, -0.1) is 6.58 Å². The van der Waals surface area contributed by atoms with Gasteiger partial charge in [-0.3, -0.25) is 4.79 Å². The zero-order valence-electron chi connectivity index (χ0n) is 11.6. The minimum Gasteiger partial charge on any atom is -0.480 e. The molecular formula is C13H21N3O4. The predicted octanol–water partition coefficient (Wildman–Crippen LogP) is 0.183. The number of carbonyl (C=O) groups excluding carboxylic acids is 2. The molecule has 0 saturated carbocycles. The minimum atomic E-state index is -1.08. The van der Waals surface area contributed by atoms with Crippen molar-refractivity contribution in [3.8, 4) is 0 Å². The predicted molar refractivity (Wildman–Crippen MR) is 73.1 cm³/mol. The van der Waals surface area contributed by atoms with Crippen molar-refractivity contribution in [2.45, 2.75) is 25.3 Å². The molecule has 0 aromatic carbocycles. The Labute approximate surface area is 118 Å². The number of hydrogen-bond donors (Lipinski definition) is 3. The molecule has 1 rings (SSSR count). The molecule has 1 saturated heterocycles. The first kappa shape index (κ1) is 16.0. The maximum absolute atomic E-state index is 12.0. The fourth-order valence-corrected chi connectivity index (χ4v) is 2.18. The van der Waals surface area contributed by atoms with Crippen molar-refractivity contribution in [1.82, 2.24) is 15.5 Å². The summed E-state index contributed by atoms with van der Waals surface area (Å²) in [6, 6.07) is -1.37. The van der Waals surface area contributed by atoms with Crippen molar-refractivity contribution in [3.05, 3.63) is 12.7 Å². The molecule has 0 bridgehead atoms. The minimum absolute atomic E-state index is 0.0138. The molecule has 3 N–H and O–H groups in total. The van der Waals surface area contributed by atoms with E-state index in [1.165, 1.54) is 6.08 Å². The summed E-state index contributed by atoms with van der Waals surface area (Å²) >= 11 is 0. The number of aliphatic carboxylic acids is 1. The van der Waals surface area contributed by atoms with E-state index in [1.807, 2.05) is 0 Å². The van der Waals surface area contributed by atoms with Crippen LogP contribution in [-0.2, 0) is 9.59 Å². The Morgan fingerprint density at radius 2 is 2.00 bits per heavy atom. The van der Waals surface area contributed by atoms with Crippen molar-refractivity contribution in [2.24, 2.45) is 5.92 Å². The lowest BCUT2D eigenvalue weighted by atomic mass is 9.96. The molecule has 1 fully saturated rings. The molecule has 7 heteroatoms. The molecule has 7 nitrogen and oxygen atoms in total. The Balaban J connectivity index is 2.48. The van der Waals surface area contributed by atoms with Gasteiger partial charge in [-0.05, 0) is 19.3 Å². The first-order valence-corrected chi connectivity index (χ1v) is 6.60. The lowest BCUT2D eigenvalue weighted by Crippen LogP contribution is -2.51. The Kier molecular flexibility index (Phi) is 6.02. The van der Waals surface area contributed by atoms with Crippen molar-refractivity contribution in [1.29, 1.82) is 0 Å². The third-order valence-electron chi connectivity index (χ3n) is 3.40. The molecule has 0 aliphatic carbocycles. The first-order chi connectivity index (χ1) is 9.49. The maximum atomic E-state index is 12.0. The van der Waals surface area contributed by atoms with E-state index in [-0.39, 0.29) is 18.2 Å². The van der Waals surface area contributed by atoms with E-state index in [0.29, 0.717) is 25.9 Å². The van der Waals surface area contributed by atoms with Gasteiger partial charge in [-0.1, -0.05) is 6.08 Å². The average Bonchev–Trinajstić information content (AvgIpc) is 2.45. The number of nitrogens with zero attached hydrogens (tertiary/aromatic N) is 1. The van der Waals surface area contributed by atoms with E-state index in [9.17, 15) is 14.4 Å². The standard InChI is InChI=1S/C13H21N3O4/c1-3-4-10(12(18)19)15-13(20)16-7-5-9(6-8-16)11(17)14-2/h3,9-10H,1,4-8H2,2H3,(H,14,17)(H,15,20)(H,18,19). The molecule has 1 aliphatic heterocycles. The number of likely N-dealkylation sites (tertiary alicyclic amines) is 1. The number of amides is 3. The van der Waals surface area contributed by atoms with Crippen molar-refractivity contribution in [2.75, 3.05) is 20.1 Å². The highest BCUT2D eigenvalue weighted by Crippen LogP contribution is 2.17. The molecule has 1 heterocycles. The fraction of sp³-hybridized carbons (Fsp3) is 0.615. The van der Waals surface area contributed by atoms with Gasteiger partial charge in [0.25, 0.3) is 0 Å². The van der Waals surface area contributed by atoms with Crippen LogP contribution in [0.4, 0.5) is 4.79 Å². The number of rotatable bonds is 5. The van der Waals surface area contributed by atoms with Gasteiger partial charge in [0.15, 0.2) is 0 Å². The van der Waals surface area contributed by atoms with Gasteiger partial charge in [0.05, 0.1) is 0 Å². The molecule has 0 aromatic rings. The zero-order chi connectivity index (χ0) is 15.1. The highest BCUT2D eigenvalue weighted by Gasteiger charge is 2.28. The van der Waals surface area contributed by atoms with Gasteiger partial charge in [-0.2, -0.15) is 0 Å². The van der Waals surface area contributed by atoms with Crippen LogP contribution in [0, 0.1) is 5.92 Å². The summed E-state index contributed by atoms with van der Waals surface area (Å²) in [6.07, 6.45) is 2.81. The topological polar surface area (TPSA) is 98.7 Å². The SMILES string of the molecule is C=CCC(NC(=O)N1CCC(C(=O)NC)CC1)C(=O)O. The highest BCUT2D eigenvalue weighted by molar-refractivity contribution is 5.83. The van der Waals surface area contributed by atoms with Crippen molar-refractivity contribution < 1.29 is 19.5 Å². The Bertz CT molecular complexity index is 389. The molecule has 1 atom stereocenters. The normalized spacial score (nSPS) is 17.1. The fourth-order valence-electron chi connectivity index (χ4n) is 2.18. The lowest BCUT2D eigenvalue weighted by molar-refractivity contribution is -0.139. The van der Waals surface area contributed by atoms with E-state index in [2.05, 4.69) is 17.2 Å². The van der Waals surface area contributed by atoms with Crippen LogP contribution < -0.4 is 10.6 Å².